The molecule has 7 nitrogen and oxygen atoms in total. The molecule has 3 rings (SSSR count). The van der Waals surface area contributed by atoms with Crippen LogP contribution in [0.5, 0.6) is 0 Å². The first-order valence-electron chi connectivity index (χ1n) is 8.86. The molecule has 1 aliphatic heterocycles. The van der Waals surface area contributed by atoms with Crippen LogP contribution in [-0.4, -0.2) is 39.9 Å². The predicted octanol–water partition coefficient (Wildman–Crippen LogP) is 2.33. The van der Waals surface area contributed by atoms with Crippen molar-refractivity contribution < 1.29 is 4.79 Å². The summed E-state index contributed by atoms with van der Waals surface area (Å²) in [4.78, 5) is 18.5. The zero-order valence-corrected chi connectivity index (χ0v) is 14.9. The second-order valence-electron chi connectivity index (χ2n) is 6.65. The number of urea groups is 1. The molecule has 1 fully saturated rings. The van der Waals surface area contributed by atoms with Crippen LogP contribution in [0, 0.1) is 0 Å². The van der Waals surface area contributed by atoms with Gasteiger partial charge in [-0.2, -0.15) is 5.10 Å². The van der Waals surface area contributed by atoms with Crippen molar-refractivity contribution in [3.63, 3.8) is 0 Å². The first-order valence-corrected chi connectivity index (χ1v) is 8.86. The highest BCUT2D eigenvalue weighted by atomic mass is 16.2. The fraction of sp³-hybridized carbons (Fsp3) is 0.500. The number of aromatic nitrogens is 3. The van der Waals surface area contributed by atoms with Crippen molar-refractivity contribution in [2.45, 2.75) is 45.3 Å². The molecular formula is C18H26N6O. The lowest BCUT2D eigenvalue weighted by Gasteiger charge is -2.21. The summed E-state index contributed by atoms with van der Waals surface area (Å²) < 4.78 is 1.70. The second-order valence-corrected chi connectivity index (χ2v) is 6.65. The molecule has 1 aromatic heterocycles. The van der Waals surface area contributed by atoms with Gasteiger partial charge in [0.1, 0.15) is 12.7 Å². The molecule has 1 aromatic carbocycles. The minimum absolute atomic E-state index is 0.0372. The summed E-state index contributed by atoms with van der Waals surface area (Å²) in [6.45, 7) is 6.77. The lowest BCUT2D eigenvalue weighted by atomic mass is 10.1. The number of nitrogens with one attached hydrogen (secondary N) is 2. The molecule has 2 aromatic rings. The number of rotatable bonds is 6. The molecule has 0 spiro atoms. The zero-order valence-electron chi connectivity index (χ0n) is 14.9. The highest BCUT2D eigenvalue weighted by Crippen LogP contribution is 2.23. The van der Waals surface area contributed by atoms with Gasteiger partial charge in [0.25, 0.3) is 0 Å². The van der Waals surface area contributed by atoms with Crippen LogP contribution in [0.15, 0.2) is 36.9 Å². The highest BCUT2D eigenvalue weighted by molar-refractivity contribution is 5.74. The van der Waals surface area contributed by atoms with Crippen molar-refractivity contribution in [1.82, 2.24) is 25.4 Å². The topological polar surface area (TPSA) is 75.1 Å². The standard InChI is InChI=1S/C18H26N6O/c1-14(11-24-13-19-12-20-24)21-18(25)22-15(2)16-6-5-7-17(10-16)23-8-3-4-9-23/h5-7,10,12-15H,3-4,8-9,11H2,1-2H3,(H2,21,22,25)/t14-,15-/m0/s1. The second kappa shape index (κ2) is 8.00. The largest absolute Gasteiger partial charge is 0.372 e. The average molecular weight is 342 g/mol. The molecule has 134 valence electrons. The van der Waals surface area contributed by atoms with Crippen LogP contribution in [0.2, 0.25) is 0 Å². The summed E-state index contributed by atoms with van der Waals surface area (Å²) in [5.74, 6) is 0. The van der Waals surface area contributed by atoms with E-state index in [0.717, 1.165) is 18.7 Å². The van der Waals surface area contributed by atoms with Crippen molar-refractivity contribution in [2.75, 3.05) is 18.0 Å². The summed E-state index contributed by atoms with van der Waals surface area (Å²) in [6.07, 6.45) is 5.64. The van der Waals surface area contributed by atoms with Crippen molar-refractivity contribution >= 4 is 11.7 Å². The fourth-order valence-electron chi connectivity index (χ4n) is 3.16. The Morgan fingerprint density at radius 2 is 2.04 bits per heavy atom. The van der Waals surface area contributed by atoms with Gasteiger partial charge in [0.15, 0.2) is 0 Å². The van der Waals surface area contributed by atoms with Gasteiger partial charge in [-0.05, 0) is 44.4 Å². The number of carbonyl (C=O) groups excluding carboxylic acids is 1. The van der Waals surface area contributed by atoms with Gasteiger partial charge in [0.05, 0.1) is 12.6 Å². The molecule has 2 N–H and O–H groups in total. The van der Waals surface area contributed by atoms with Gasteiger partial charge >= 0.3 is 6.03 Å². The number of anilines is 1. The summed E-state index contributed by atoms with van der Waals surface area (Å²) in [5, 5.41) is 10.00. The molecule has 0 radical (unpaired) electrons. The predicted molar refractivity (Wildman–Crippen MR) is 97.5 cm³/mol. The maximum Gasteiger partial charge on any atom is 0.315 e. The van der Waals surface area contributed by atoms with E-state index in [1.54, 1.807) is 11.0 Å². The highest BCUT2D eigenvalue weighted by Gasteiger charge is 2.16. The van der Waals surface area contributed by atoms with Crippen molar-refractivity contribution in [2.24, 2.45) is 0 Å². The Morgan fingerprint density at radius 1 is 1.24 bits per heavy atom. The summed E-state index contributed by atoms with van der Waals surface area (Å²) >= 11 is 0. The molecule has 2 amide bonds. The molecule has 1 aliphatic rings. The molecule has 2 atom stereocenters. The first-order chi connectivity index (χ1) is 12.1. The Hall–Kier alpha value is -2.57. The molecule has 2 heterocycles. The third-order valence-electron chi connectivity index (χ3n) is 4.49. The minimum atomic E-state index is -0.174. The van der Waals surface area contributed by atoms with E-state index >= 15 is 0 Å². The maximum atomic E-state index is 12.2. The van der Waals surface area contributed by atoms with Gasteiger partial charge in [-0.1, -0.05) is 12.1 Å². The summed E-state index contributed by atoms with van der Waals surface area (Å²) in [7, 11) is 0. The number of hydrogen-bond donors (Lipinski definition) is 2. The molecule has 7 heteroatoms. The molecule has 25 heavy (non-hydrogen) atoms. The molecule has 0 saturated carbocycles. The van der Waals surface area contributed by atoms with E-state index in [4.69, 9.17) is 0 Å². The van der Waals surface area contributed by atoms with E-state index in [0.29, 0.717) is 6.54 Å². The van der Waals surface area contributed by atoms with Crippen LogP contribution in [0.1, 0.15) is 38.3 Å². The smallest absolute Gasteiger partial charge is 0.315 e. The number of hydrogen-bond acceptors (Lipinski definition) is 4. The third-order valence-corrected chi connectivity index (χ3v) is 4.49. The van der Waals surface area contributed by atoms with Gasteiger partial charge in [-0.15, -0.1) is 0 Å². The van der Waals surface area contributed by atoms with E-state index in [1.165, 1.54) is 24.9 Å². The SMILES string of the molecule is C[C@H](NC(=O)N[C@@H](C)Cn1cncn1)c1cccc(N2CCCC2)c1. The van der Waals surface area contributed by atoms with Crippen LogP contribution >= 0.6 is 0 Å². The number of amides is 2. The average Bonchev–Trinajstić information content (AvgIpc) is 3.28. The maximum absolute atomic E-state index is 12.2. The van der Waals surface area contributed by atoms with Crippen molar-refractivity contribution in [1.29, 1.82) is 0 Å². The Morgan fingerprint density at radius 3 is 2.76 bits per heavy atom. The van der Waals surface area contributed by atoms with Gasteiger partial charge in [-0.3, -0.25) is 4.68 Å². The van der Waals surface area contributed by atoms with E-state index in [2.05, 4.69) is 49.9 Å². The summed E-state index contributed by atoms with van der Waals surface area (Å²) in [6, 6.07) is 8.17. The van der Waals surface area contributed by atoms with E-state index in [9.17, 15) is 4.79 Å². The molecule has 0 unspecified atom stereocenters. The van der Waals surface area contributed by atoms with Crippen LogP contribution < -0.4 is 15.5 Å². The lowest BCUT2D eigenvalue weighted by Crippen LogP contribution is -2.43. The van der Waals surface area contributed by atoms with Crippen LogP contribution in [0.4, 0.5) is 10.5 Å². The Bertz CT molecular complexity index is 681. The number of benzene rings is 1. The molecule has 0 aliphatic carbocycles. The van der Waals surface area contributed by atoms with E-state index in [1.807, 2.05) is 13.8 Å². The van der Waals surface area contributed by atoms with Gasteiger partial charge in [-0.25, -0.2) is 9.78 Å². The number of carbonyl (C=O) groups is 1. The Labute approximate surface area is 148 Å². The van der Waals surface area contributed by atoms with Crippen molar-refractivity contribution in [3.05, 3.63) is 42.5 Å². The van der Waals surface area contributed by atoms with Gasteiger partial charge < -0.3 is 15.5 Å². The van der Waals surface area contributed by atoms with Gasteiger partial charge in [0, 0.05) is 24.8 Å². The fourth-order valence-corrected chi connectivity index (χ4v) is 3.16. The van der Waals surface area contributed by atoms with Crippen LogP contribution in [0.3, 0.4) is 0 Å². The van der Waals surface area contributed by atoms with E-state index in [-0.39, 0.29) is 18.1 Å². The zero-order chi connectivity index (χ0) is 17.6. The van der Waals surface area contributed by atoms with Crippen LogP contribution in [0.25, 0.3) is 0 Å². The lowest BCUT2D eigenvalue weighted by molar-refractivity contribution is 0.233. The quantitative estimate of drug-likeness (QED) is 0.845. The monoisotopic (exact) mass is 342 g/mol. The van der Waals surface area contributed by atoms with E-state index < -0.39 is 0 Å². The number of nitrogens with zero attached hydrogens (tertiary/aromatic N) is 4. The van der Waals surface area contributed by atoms with Gasteiger partial charge in [0.2, 0.25) is 0 Å². The Balaban J connectivity index is 1.53. The minimum Gasteiger partial charge on any atom is -0.372 e. The molecular weight excluding hydrogens is 316 g/mol. The third kappa shape index (κ3) is 4.71. The molecule has 1 saturated heterocycles. The van der Waals surface area contributed by atoms with Crippen molar-refractivity contribution in [3.8, 4) is 0 Å². The molecule has 0 bridgehead atoms. The normalized spacial score (nSPS) is 16.5. The first kappa shape index (κ1) is 17.3. The van der Waals surface area contributed by atoms with Crippen LogP contribution in [-0.2, 0) is 6.54 Å². The summed E-state index contributed by atoms with van der Waals surface area (Å²) in [5.41, 5.74) is 2.35. The Kier molecular flexibility index (Phi) is 5.53.